The normalized spacial score (nSPS) is 9.89. The van der Waals surface area contributed by atoms with E-state index in [0.29, 0.717) is 16.9 Å². The number of benzene rings is 1. The van der Waals surface area contributed by atoms with Crippen LogP contribution in [0.5, 0.6) is 0 Å². The Morgan fingerprint density at radius 3 is 2.67 bits per heavy atom. The van der Waals surface area contributed by atoms with Crippen LogP contribution in [0.1, 0.15) is 5.56 Å². The molecule has 0 aliphatic rings. The van der Waals surface area contributed by atoms with Crippen molar-refractivity contribution in [2.75, 3.05) is 5.32 Å². The summed E-state index contributed by atoms with van der Waals surface area (Å²) in [5.74, 6) is 0. The van der Waals surface area contributed by atoms with E-state index >= 15 is 0 Å². The minimum Gasteiger partial charge on any atom is -0.352 e. The molecule has 0 bridgehead atoms. The molecule has 7 heteroatoms. The summed E-state index contributed by atoms with van der Waals surface area (Å²) < 4.78 is 0.841. The van der Waals surface area contributed by atoms with Gasteiger partial charge in [-0.2, -0.15) is 5.26 Å². The van der Waals surface area contributed by atoms with Crippen LogP contribution in [0.3, 0.4) is 0 Å². The quantitative estimate of drug-likeness (QED) is 0.889. The Morgan fingerprint density at radius 1 is 1.17 bits per heavy atom. The second kappa shape index (κ2) is 5.53. The molecule has 4 nitrogen and oxygen atoms in total. The molecule has 1 heterocycles. The Hall–Kier alpha value is -1.35. The van der Waals surface area contributed by atoms with E-state index in [0.717, 1.165) is 4.47 Å². The van der Waals surface area contributed by atoms with Crippen molar-refractivity contribution in [3.05, 3.63) is 44.6 Å². The van der Waals surface area contributed by atoms with Crippen molar-refractivity contribution in [3.63, 3.8) is 0 Å². The van der Waals surface area contributed by atoms with Gasteiger partial charge >= 0.3 is 0 Å². The van der Waals surface area contributed by atoms with Crippen LogP contribution in [0.25, 0.3) is 0 Å². The average molecular weight is 344 g/mol. The minimum atomic E-state index is 0.184. The SMILES string of the molecule is N#Cc1ccc(Br)cc1Nc1cc(Cl)nnc1Cl. The molecule has 0 saturated carbocycles. The number of nitriles is 1. The third-order valence-corrected chi connectivity index (χ3v) is 3.05. The first-order valence-electron chi connectivity index (χ1n) is 4.75. The van der Waals surface area contributed by atoms with Gasteiger partial charge < -0.3 is 5.32 Å². The lowest BCUT2D eigenvalue weighted by Crippen LogP contribution is -1.97. The van der Waals surface area contributed by atoms with E-state index in [2.05, 4.69) is 37.5 Å². The highest BCUT2D eigenvalue weighted by molar-refractivity contribution is 9.10. The summed E-state index contributed by atoms with van der Waals surface area (Å²) in [5, 5.41) is 19.7. The third-order valence-electron chi connectivity index (χ3n) is 2.09. The highest BCUT2D eigenvalue weighted by atomic mass is 79.9. The molecule has 18 heavy (non-hydrogen) atoms. The van der Waals surface area contributed by atoms with Gasteiger partial charge in [0.15, 0.2) is 10.3 Å². The van der Waals surface area contributed by atoms with Crippen molar-refractivity contribution in [2.45, 2.75) is 0 Å². The van der Waals surface area contributed by atoms with Crippen LogP contribution in [0.4, 0.5) is 11.4 Å². The molecule has 0 spiro atoms. The molecule has 2 rings (SSSR count). The molecule has 1 aromatic heterocycles. The number of rotatable bonds is 2. The molecule has 1 aromatic carbocycles. The summed E-state index contributed by atoms with van der Waals surface area (Å²) >= 11 is 15.0. The first kappa shape index (κ1) is 13.1. The molecular weight excluding hydrogens is 339 g/mol. The Bertz CT molecular complexity index is 639. The van der Waals surface area contributed by atoms with Gasteiger partial charge in [-0.25, -0.2) is 0 Å². The molecule has 1 N–H and O–H groups in total. The summed E-state index contributed by atoms with van der Waals surface area (Å²) in [6, 6.07) is 8.86. The van der Waals surface area contributed by atoms with Gasteiger partial charge in [-0.05, 0) is 18.2 Å². The van der Waals surface area contributed by atoms with E-state index < -0.39 is 0 Å². The van der Waals surface area contributed by atoms with Crippen molar-refractivity contribution < 1.29 is 0 Å². The maximum absolute atomic E-state index is 9.02. The topological polar surface area (TPSA) is 61.6 Å². The first-order chi connectivity index (χ1) is 8.60. The maximum atomic E-state index is 9.02. The van der Waals surface area contributed by atoms with Gasteiger partial charge in [0.05, 0.1) is 16.9 Å². The van der Waals surface area contributed by atoms with Crippen LogP contribution in [-0.2, 0) is 0 Å². The Labute approximate surface area is 122 Å². The number of nitrogens with zero attached hydrogens (tertiary/aromatic N) is 3. The molecular formula is C11H5BrCl2N4. The maximum Gasteiger partial charge on any atom is 0.175 e. The second-order valence-electron chi connectivity index (χ2n) is 3.30. The summed E-state index contributed by atoms with van der Waals surface area (Å²) in [6.07, 6.45) is 0. The smallest absolute Gasteiger partial charge is 0.175 e. The molecule has 0 amide bonds. The molecule has 0 saturated heterocycles. The molecule has 90 valence electrons. The van der Waals surface area contributed by atoms with E-state index in [4.69, 9.17) is 28.5 Å². The molecule has 0 radical (unpaired) electrons. The van der Waals surface area contributed by atoms with Gasteiger partial charge in [0.2, 0.25) is 0 Å². The van der Waals surface area contributed by atoms with Gasteiger partial charge in [0, 0.05) is 10.5 Å². The fourth-order valence-electron chi connectivity index (χ4n) is 1.30. The molecule has 0 fully saturated rings. The van der Waals surface area contributed by atoms with Crippen molar-refractivity contribution in [1.82, 2.24) is 10.2 Å². The summed E-state index contributed by atoms with van der Waals surface area (Å²) in [4.78, 5) is 0. The van der Waals surface area contributed by atoms with Gasteiger partial charge in [-0.3, -0.25) is 0 Å². The fraction of sp³-hybridized carbons (Fsp3) is 0. The second-order valence-corrected chi connectivity index (χ2v) is 4.96. The Balaban J connectivity index is 2.43. The minimum absolute atomic E-state index is 0.184. The van der Waals surface area contributed by atoms with Crippen LogP contribution >= 0.6 is 39.1 Å². The van der Waals surface area contributed by atoms with Crippen molar-refractivity contribution in [2.24, 2.45) is 0 Å². The zero-order chi connectivity index (χ0) is 13.1. The Kier molecular flexibility index (Phi) is 4.02. The van der Waals surface area contributed by atoms with Crippen LogP contribution in [-0.4, -0.2) is 10.2 Å². The molecule has 0 aliphatic carbocycles. The van der Waals surface area contributed by atoms with Crippen LogP contribution in [0.2, 0.25) is 10.3 Å². The van der Waals surface area contributed by atoms with E-state index in [1.165, 1.54) is 0 Å². The Morgan fingerprint density at radius 2 is 1.94 bits per heavy atom. The van der Waals surface area contributed by atoms with E-state index in [1.807, 2.05) is 0 Å². The van der Waals surface area contributed by atoms with E-state index in [9.17, 15) is 0 Å². The highest BCUT2D eigenvalue weighted by Gasteiger charge is 2.08. The van der Waals surface area contributed by atoms with Gasteiger partial charge in [-0.15, -0.1) is 10.2 Å². The van der Waals surface area contributed by atoms with Crippen LogP contribution in [0, 0.1) is 11.3 Å². The number of halogens is 3. The van der Waals surface area contributed by atoms with Gasteiger partial charge in [-0.1, -0.05) is 39.1 Å². The number of nitrogens with one attached hydrogen (secondary N) is 1. The zero-order valence-corrected chi connectivity index (χ0v) is 11.9. The average Bonchev–Trinajstić information content (AvgIpc) is 2.34. The van der Waals surface area contributed by atoms with Crippen LogP contribution < -0.4 is 5.32 Å². The molecule has 0 aliphatic heterocycles. The summed E-state index contributed by atoms with van der Waals surface area (Å²) in [7, 11) is 0. The fourth-order valence-corrected chi connectivity index (χ4v) is 1.95. The monoisotopic (exact) mass is 342 g/mol. The van der Waals surface area contributed by atoms with Crippen molar-refractivity contribution in [1.29, 1.82) is 5.26 Å². The third kappa shape index (κ3) is 2.91. The zero-order valence-electron chi connectivity index (χ0n) is 8.78. The summed E-state index contributed by atoms with van der Waals surface area (Å²) in [5.41, 5.74) is 1.59. The lowest BCUT2D eigenvalue weighted by molar-refractivity contribution is 1.03. The first-order valence-corrected chi connectivity index (χ1v) is 6.30. The number of hydrogen-bond donors (Lipinski definition) is 1. The number of hydrogen-bond acceptors (Lipinski definition) is 4. The van der Waals surface area contributed by atoms with Crippen molar-refractivity contribution in [3.8, 4) is 6.07 Å². The van der Waals surface area contributed by atoms with Crippen molar-refractivity contribution >= 4 is 50.5 Å². The molecule has 0 unspecified atom stereocenters. The number of aromatic nitrogens is 2. The highest BCUT2D eigenvalue weighted by Crippen LogP contribution is 2.28. The lowest BCUT2D eigenvalue weighted by atomic mass is 10.2. The van der Waals surface area contributed by atoms with E-state index in [1.54, 1.807) is 24.3 Å². The summed E-state index contributed by atoms with van der Waals surface area (Å²) in [6.45, 7) is 0. The van der Waals surface area contributed by atoms with Gasteiger partial charge in [0.25, 0.3) is 0 Å². The predicted octanol–water partition coefficient (Wildman–Crippen LogP) is 4.16. The molecule has 2 aromatic rings. The molecule has 0 atom stereocenters. The lowest BCUT2D eigenvalue weighted by Gasteiger charge is -2.09. The van der Waals surface area contributed by atoms with E-state index in [-0.39, 0.29) is 10.3 Å². The largest absolute Gasteiger partial charge is 0.352 e. The standard InChI is InChI=1S/C11H5BrCl2N4/c12-7-2-1-6(5-15)8(3-7)16-9-4-10(13)17-18-11(9)14/h1-4H,(H,16,17). The van der Waals surface area contributed by atoms with Gasteiger partial charge in [0.1, 0.15) is 6.07 Å². The number of anilines is 2. The van der Waals surface area contributed by atoms with Crippen LogP contribution in [0.15, 0.2) is 28.7 Å². The predicted molar refractivity (Wildman–Crippen MR) is 74.2 cm³/mol.